The van der Waals surface area contributed by atoms with Crippen LogP contribution in [0.4, 0.5) is 16.2 Å². The molecule has 8 heteroatoms. The van der Waals surface area contributed by atoms with E-state index in [1.54, 1.807) is 37.3 Å². The first kappa shape index (κ1) is 18.1. The minimum atomic E-state index is -0.701. The van der Waals surface area contributed by atoms with Crippen LogP contribution in [0.3, 0.4) is 0 Å². The molecule has 0 heterocycles. The Bertz CT molecular complexity index is 766. The van der Waals surface area contributed by atoms with E-state index >= 15 is 0 Å². The zero-order chi connectivity index (χ0) is 17.9. The fourth-order valence-corrected chi connectivity index (χ4v) is 2.53. The molecule has 0 saturated heterocycles. The summed E-state index contributed by atoms with van der Waals surface area (Å²) < 4.78 is 1.08. The Morgan fingerprint density at radius 3 is 2.38 bits per heavy atom. The molecule has 2 rings (SSSR count). The van der Waals surface area contributed by atoms with Crippen LogP contribution in [0.2, 0.25) is 5.02 Å². The monoisotopic (exact) mass is 365 g/mol. The summed E-state index contributed by atoms with van der Waals surface area (Å²) in [7, 11) is 0. The van der Waals surface area contributed by atoms with Crippen molar-refractivity contribution in [2.75, 3.05) is 9.62 Å². The van der Waals surface area contributed by atoms with Crippen molar-refractivity contribution in [2.45, 2.75) is 13.0 Å². The molecule has 1 atom stereocenters. The SMILES string of the molecule is CC(O)c1ccc(NC(=O)N(S)c2ccc(C(N)=O)cc2)cc1Cl. The second-order valence-electron chi connectivity index (χ2n) is 5.07. The highest BCUT2D eigenvalue weighted by Gasteiger charge is 2.14. The average Bonchev–Trinajstić information content (AvgIpc) is 2.53. The number of nitrogens with one attached hydrogen (secondary N) is 1. The molecule has 3 amide bonds. The van der Waals surface area contributed by atoms with Crippen molar-refractivity contribution < 1.29 is 14.7 Å². The van der Waals surface area contributed by atoms with Crippen molar-refractivity contribution in [1.29, 1.82) is 0 Å². The van der Waals surface area contributed by atoms with Crippen LogP contribution in [0.15, 0.2) is 42.5 Å². The summed E-state index contributed by atoms with van der Waals surface area (Å²) in [6.07, 6.45) is -0.701. The highest BCUT2D eigenvalue weighted by Crippen LogP contribution is 2.26. The highest BCUT2D eigenvalue weighted by atomic mass is 35.5. The van der Waals surface area contributed by atoms with Crippen LogP contribution in [0.5, 0.6) is 0 Å². The zero-order valence-electron chi connectivity index (χ0n) is 12.7. The second kappa shape index (κ2) is 7.57. The molecule has 2 aromatic carbocycles. The average molecular weight is 366 g/mol. The quantitative estimate of drug-likeness (QED) is 0.625. The van der Waals surface area contributed by atoms with Crippen molar-refractivity contribution in [3.8, 4) is 0 Å². The molecular weight excluding hydrogens is 350 g/mol. The number of aliphatic hydroxyl groups excluding tert-OH is 1. The predicted molar refractivity (Wildman–Crippen MR) is 97.5 cm³/mol. The fourth-order valence-electron chi connectivity index (χ4n) is 2.00. The Kier molecular flexibility index (Phi) is 5.71. The van der Waals surface area contributed by atoms with E-state index in [2.05, 4.69) is 18.1 Å². The molecule has 0 saturated carbocycles. The number of hydrogen-bond donors (Lipinski definition) is 4. The lowest BCUT2D eigenvalue weighted by Crippen LogP contribution is -2.26. The van der Waals surface area contributed by atoms with Gasteiger partial charge in [0, 0.05) is 16.3 Å². The third kappa shape index (κ3) is 4.19. The number of halogens is 1. The Morgan fingerprint density at radius 2 is 1.88 bits per heavy atom. The fraction of sp³-hybridized carbons (Fsp3) is 0.125. The van der Waals surface area contributed by atoms with Crippen molar-refractivity contribution in [3.63, 3.8) is 0 Å². The minimum Gasteiger partial charge on any atom is -0.389 e. The number of thiol groups is 1. The Morgan fingerprint density at radius 1 is 1.25 bits per heavy atom. The summed E-state index contributed by atoms with van der Waals surface area (Å²) in [5, 5.41) is 12.5. The lowest BCUT2D eigenvalue weighted by molar-refractivity contribution is 0.100. The lowest BCUT2D eigenvalue weighted by Gasteiger charge is -2.17. The number of benzene rings is 2. The first-order valence-corrected chi connectivity index (χ1v) is 7.74. The first-order valence-electron chi connectivity index (χ1n) is 6.97. The van der Waals surface area contributed by atoms with E-state index in [0.717, 1.165) is 4.31 Å². The number of primary amides is 1. The molecular formula is C16H16ClN3O3S. The van der Waals surface area contributed by atoms with Crippen LogP contribution >= 0.6 is 24.4 Å². The normalized spacial score (nSPS) is 11.7. The van der Waals surface area contributed by atoms with Crippen LogP contribution in [0.1, 0.15) is 28.9 Å². The Balaban J connectivity index is 2.11. The Labute approximate surface area is 149 Å². The molecule has 126 valence electrons. The number of aliphatic hydroxyl groups is 1. The first-order chi connectivity index (χ1) is 11.3. The van der Waals surface area contributed by atoms with Crippen LogP contribution < -0.4 is 15.4 Å². The molecule has 0 fully saturated rings. The Hall–Kier alpha value is -2.22. The number of amides is 3. The molecule has 6 nitrogen and oxygen atoms in total. The molecule has 0 spiro atoms. The van der Waals surface area contributed by atoms with Gasteiger partial charge in [-0.3, -0.25) is 4.79 Å². The molecule has 0 aliphatic carbocycles. The van der Waals surface area contributed by atoms with Gasteiger partial charge in [-0.1, -0.05) is 30.5 Å². The van der Waals surface area contributed by atoms with Gasteiger partial charge in [-0.2, -0.15) is 0 Å². The molecule has 0 aliphatic rings. The second-order valence-corrected chi connectivity index (χ2v) is 5.87. The number of nitrogens with zero attached hydrogens (tertiary/aromatic N) is 1. The van der Waals surface area contributed by atoms with Gasteiger partial charge in [0.25, 0.3) is 0 Å². The van der Waals surface area contributed by atoms with Crippen LogP contribution in [0.25, 0.3) is 0 Å². The van der Waals surface area contributed by atoms with E-state index in [9.17, 15) is 14.7 Å². The summed E-state index contributed by atoms with van der Waals surface area (Å²) in [4.78, 5) is 23.3. The zero-order valence-corrected chi connectivity index (χ0v) is 14.4. The molecule has 0 aliphatic heterocycles. The van der Waals surface area contributed by atoms with Crippen molar-refractivity contribution in [3.05, 3.63) is 58.6 Å². The third-order valence-electron chi connectivity index (χ3n) is 3.29. The van der Waals surface area contributed by atoms with Gasteiger partial charge in [-0.15, -0.1) is 0 Å². The summed E-state index contributed by atoms with van der Waals surface area (Å²) in [5.41, 5.74) is 7.00. The van der Waals surface area contributed by atoms with E-state index in [1.165, 1.54) is 12.1 Å². The topological polar surface area (TPSA) is 95.7 Å². The number of rotatable bonds is 4. The van der Waals surface area contributed by atoms with Gasteiger partial charge < -0.3 is 16.2 Å². The maximum absolute atomic E-state index is 12.2. The highest BCUT2D eigenvalue weighted by molar-refractivity contribution is 7.82. The van der Waals surface area contributed by atoms with Gasteiger partial charge in [-0.25, -0.2) is 9.10 Å². The molecule has 1 unspecified atom stereocenters. The van der Waals surface area contributed by atoms with E-state index in [1.807, 2.05) is 0 Å². The number of hydrogen-bond acceptors (Lipinski definition) is 4. The largest absolute Gasteiger partial charge is 0.389 e. The van der Waals surface area contributed by atoms with Crippen LogP contribution in [0, 0.1) is 0 Å². The minimum absolute atomic E-state index is 0.335. The molecule has 0 aromatic heterocycles. The summed E-state index contributed by atoms with van der Waals surface area (Å²) in [6, 6.07) is 10.4. The predicted octanol–water partition coefficient (Wildman–Crippen LogP) is 3.38. The lowest BCUT2D eigenvalue weighted by atomic mass is 10.1. The molecule has 4 N–H and O–H groups in total. The van der Waals surface area contributed by atoms with E-state index in [0.29, 0.717) is 27.5 Å². The smallest absolute Gasteiger partial charge is 0.336 e. The van der Waals surface area contributed by atoms with Gasteiger partial charge in [0.15, 0.2) is 0 Å². The maximum atomic E-state index is 12.2. The van der Waals surface area contributed by atoms with Crippen molar-refractivity contribution in [1.82, 2.24) is 0 Å². The third-order valence-corrected chi connectivity index (χ3v) is 4.03. The number of carbonyl (C=O) groups excluding carboxylic acids is 2. The van der Waals surface area contributed by atoms with E-state index in [-0.39, 0.29) is 0 Å². The summed E-state index contributed by atoms with van der Waals surface area (Å²) in [5.74, 6) is -0.551. The van der Waals surface area contributed by atoms with Crippen LogP contribution in [-0.4, -0.2) is 17.0 Å². The number of urea groups is 1. The molecule has 2 aromatic rings. The van der Waals surface area contributed by atoms with E-state index < -0.39 is 18.0 Å². The van der Waals surface area contributed by atoms with Crippen molar-refractivity contribution >= 4 is 47.7 Å². The summed E-state index contributed by atoms with van der Waals surface area (Å²) in [6.45, 7) is 1.60. The molecule has 0 radical (unpaired) electrons. The maximum Gasteiger partial charge on any atom is 0.336 e. The molecule has 0 bridgehead atoms. The summed E-state index contributed by atoms with van der Waals surface area (Å²) >= 11 is 10.2. The van der Waals surface area contributed by atoms with Gasteiger partial charge in [0.1, 0.15) is 0 Å². The molecule has 24 heavy (non-hydrogen) atoms. The standard InChI is InChI=1S/C16H16ClN3O3S/c1-9(21)13-7-4-11(8-14(13)17)19-16(23)20(24)12-5-2-10(3-6-12)15(18)22/h2-9,21,24H,1H3,(H2,18,22)(H,19,23). The van der Waals surface area contributed by atoms with Gasteiger partial charge in [0.2, 0.25) is 5.91 Å². The van der Waals surface area contributed by atoms with Gasteiger partial charge >= 0.3 is 6.03 Å². The van der Waals surface area contributed by atoms with Gasteiger partial charge in [0.05, 0.1) is 11.8 Å². The van der Waals surface area contributed by atoms with Gasteiger partial charge in [-0.05, 0) is 48.9 Å². The van der Waals surface area contributed by atoms with E-state index in [4.69, 9.17) is 17.3 Å². The number of nitrogens with two attached hydrogens (primary N) is 1. The van der Waals surface area contributed by atoms with Crippen molar-refractivity contribution in [2.24, 2.45) is 5.73 Å². The van der Waals surface area contributed by atoms with Crippen LogP contribution in [-0.2, 0) is 0 Å². The number of anilines is 2. The number of carbonyl (C=O) groups is 2.